The Morgan fingerprint density at radius 3 is 2.69 bits per heavy atom. The number of morpholine rings is 1. The topological polar surface area (TPSA) is 94.4 Å². The van der Waals surface area contributed by atoms with Gasteiger partial charge in [0.15, 0.2) is 11.8 Å². The smallest absolute Gasteiger partial charge is 0.250 e. The second-order valence-corrected chi connectivity index (χ2v) is 7.47. The van der Waals surface area contributed by atoms with E-state index in [0.717, 1.165) is 11.1 Å². The van der Waals surface area contributed by atoms with Crippen LogP contribution in [0.25, 0.3) is 10.9 Å². The first kappa shape index (κ1) is 21.0. The molecule has 154 valence electrons. The van der Waals surface area contributed by atoms with Crippen LogP contribution in [0.4, 0.5) is 5.69 Å². The van der Waals surface area contributed by atoms with E-state index in [9.17, 15) is 10.1 Å². The molecule has 2 aliphatic rings. The monoisotopic (exact) mass is 396 g/mol. The maximum Gasteiger partial charge on any atom is 0.250 e. The number of likely N-dealkylation sites (N-methyl/N-ethyl adjacent to an activating group) is 1. The quantitative estimate of drug-likeness (QED) is 0.823. The van der Waals surface area contributed by atoms with Crippen LogP contribution < -0.4 is 10.2 Å². The van der Waals surface area contributed by atoms with Gasteiger partial charge in [-0.1, -0.05) is 0 Å². The van der Waals surface area contributed by atoms with Crippen LogP contribution in [0.2, 0.25) is 0 Å². The molecule has 8 heteroatoms. The van der Waals surface area contributed by atoms with Gasteiger partial charge in [0.25, 0.3) is 5.91 Å². The summed E-state index contributed by atoms with van der Waals surface area (Å²) in [5.41, 5.74) is 1.73. The molecular formula is C21H28N6O2. The maximum absolute atomic E-state index is 11.9. The Morgan fingerprint density at radius 2 is 2.07 bits per heavy atom. The highest BCUT2D eigenvalue weighted by Gasteiger charge is 2.31. The molecule has 8 nitrogen and oxygen atoms in total. The van der Waals surface area contributed by atoms with Crippen molar-refractivity contribution in [2.24, 2.45) is 0 Å². The Labute approximate surface area is 171 Å². The first-order valence-electron chi connectivity index (χ1n) is 9.98. The number of nitriles is 1. The lowest BCUT2D eigenvalue weighted by Gasteiger charge is -2.37. The number of ether oxygens (including phenoxy) is 1. The van der Waals surface area contributed by atoms with Crippen molar-refractivity contribution in [1.29, 1.82) is 5.26 Å². The summed E-state index contributed by atoms with van der Waals surface area (Å²) in [5.74, 6) is -0.148. The molecule has 1 N–H and O–H groups in total. The maximum atomic E-state index is 11.9. The van der Waals surface area contributed by atoms with E-state index in [0.29, 0.717) is 24.3 Å². The van der Waals surface area contributed by atoms with Crippen molar-refractivity contribution in [3.8, 4) is 6.07 Å². The number of carbonyl (C=O) groups excluding carboxylic acids is 1. The lowest BCUT2D eigenvalue weighted by Crippen LogP contribution is -2.52. The van der Waals surface area contributed by atoms with E-state index in [4.69, 9.17) is 4.74 Å². The zero-order chi connectivity index (χ0) is 20.8. The summed E-state index contributed by atoms with van der Waals surface area (Å²) < 4.78 is 5.71. The number of carbonyl (C=O) groups is 1. The lowest BCUT2D eigenvalue weighted by atomic mass is 10.1. The molecule has 29 heavy (non-hydrogen) atoms. The number of nitrogens with zero attached hydrogens (tertiary/aromatic N) is 5. The molecular weight excluding hydrogens is 368 g/mol. The summed E-state index contributed by atoms with van der Waals surface area (Å²) in [6, 6.07) is 5.80. The van der Waals surface area contributed by atoms with Gasteiger partial charge in [-0.25, -0.2) is 4.98 Å². The largest absolute Gasteiger partial charge is 0.364 e. The number of anilines is 1. The molecule has 0 radical (unpaired) electrons. The number of nitrogens with one attached hydrogen (secondary N) is 1. The molecule has 0 bridgehead atoms. The average molecular weight is 396 g/mol. The van der Waals surface area contributed by atoms with Gasteiger partial charge in [0.1, 0.15) is 11.6 Å². The predicted molar refractivity (Wildman–Crippen MR) is 112 cm³/mol. The zero-order valence-electron chi connectivity index (χ0n) is 17.3. The standard InChI is InChI=1S/C16H17N5O2.C5H11N/c1-10-8-21(9-14(23-10)16(22)18-2)13-7-20-12(6-17)15-11(13)4-3-5-19-15;1-6-4-2-3-5-6/h3-5,7,10,14H,8-9H2,1-2H3,(H,18,22);2-5H2,1H3/t10-,14-;/m1./s1. The van der Waals surface area contributed by atoms with Crippen LogP contribution in [0.5, 0.6) is 0 Å². The molecule has 0 aliphatic carbocycles. The SMILES string of the molecule is CN1CCCC1.CNC(=O)[C@H]1CN(c2cnc(C#N)c3ncccc23)C[C@@H](C)O1. The van der Waals surface area contributed by atoms with Gasteiger partial charge in [-0.15, -0.1) is 0 Å². The third-order valence-corrected chi connectivity index (χ3v) is 5.20. The summed E-state index contributed by atoms with van der Waals surface area (Å²) >= 11 is 0. The fraction of sp³-hybridized carbons (Fsp3) is 0.524. The van der Waals surface area contributed by atoms with Crippen molar-refractivity contribution in [3.63, 3.8) is 0 Å². The molecule has 2 aliphatic heterocycles. The van der Waals surface area contributed by atoms with Gasteiger partial charge >= 0.3 is 0 Å². The number of likely N-dealkylation sites (tertiary alicyclic amines) is 1. The van der Waals surface area contributed by atoms with E-state index in [2.05, 4.69) is 38.2 Å². The van der Waals surface area contributed by atoms with Crippen molar-refractivity contribution in [2.75, 3.05) is 45.2 Å². The highest BCUT2D eigenvalue weighted by Crippen LogP contribution is 2.28. The summed E-state index contributed by atoms with van der Waals surface area (Å²) in [6.07, 6.45) is 5.51. The van der Waals surface area contributed by atoms with Crippen molar-refractivity contribution in [1.82, 2.24) is 20.2 Å². The molecule has 4 heterocycles. The zero-order valence-corrected chi connectivity index (χ0v) is 17.3. The van der Waals surface area contributed by atoms with Crippen molar-refractivity contribution in [3.05, 3.63) is 30.2 Å². The molecule has 1 amide bonds. The Kier molecular flexibility index (Phi) is 6.96. The molecule has 0 spiro atoms. The molecule has 0 unspecified atom stereocenters. The average Bonchev–Trinajstić information content (AvgIpc) is 3.23. The highest BCUT2D eigenvalue weighted by atomic mass is 16.5. The minimum absolute atomic E-state index is 0.0894. The molecule has 0 aromatic carbocycles. The third-order valence-electron chi connectivity index (χ3n) is 5.20. The Bertz CT molecular complexity index is 890. The first-order valence-corrected chi connectivity index (χ1v) is 9.98. The molecule has 2 aromatic heterocycles. The van der Waals surface area contributed by atoms with Gasteiger partial charge in [0.05, 0.1) is 24.5 Å². The van der Waals surface area contributed by atoms with E-state index in [1.165, 1.54) is 25.9 Å². The molecule has 4 rings (SSSR count). The van der Waals surface area contributed by atoms with Gasteiger partial charge in [-0.2, -0.15) is 5.26 Å². The first-order chi connectivity index (χ1) is 14.0. The molecule has 2 atom stereocenters. The molecule has 2 saturated heterocycles. The summed E-state index contributed by atoms with van der Waals surface area (Å²) in [5, 5.41) is 12.7. The lowest BCUT2D eigenvalue weighted by molar-refractivity contribution is -0.136. The van der Waals surface area contributed by atoms with E-state index < -0.39 is 6.10 Å². The Morgan fingerprint density at radius 1 is 1.31 bits per heavy atom. The van der Waals surface area contributed by atoms with Gasteiger partial charge in [-0.05, 0) is 52.0 Å². The summed E-state index contributed by atoms with van der Waals surface area (Å²) in [4.78, 5) is 24.8. The summed E-state index contributed by atoms with van der Waals surface area (Å²) in [6.45, 7) is 5.65. The number of rotatable bonds is 2. The van der Waals surface area contributed by atoms with E-state index >= 15 is 0 Å². The fourth-order valence-corrected chi connectivity index (χ4v) is 3.72. The number of hydrogen-bond donors (Lipinski definition) is 1. The second-order valence-electron chi connectivity index (χ2n) is 7.47. The van der Waals surface area contributed by atoms with Crippen LogP contribution in [0.1, 0.15) is 25.5 Å². The van der Waals surface area contributed by atoms with Crippen molar-refractivity contribution < 1.29 is 9.53 Å². The van der Waals surface area contributed by atoms with E-state index in [1.54, 1.807) is 19.4 Å². The predicted octanol–water partition coefficient (Wildman–Crippen LogP) is 1.55. The minimum Gasteiger partial charge on any atom is -0.364 e. The van der Waals surface area contributed by atoms with Gasteiger partial charge in [0.2, 0.25) is 0 Å². The number of pyridine rings is 2. The van der Waals surface area contributed by atoms with E-state index in [-0.39, 0.29) is 12.0 Å². The van der Waals surface area contributed by atoms with Gasteiger partial charge < -0.3 is 19.9 Å². The number of aromatic nitrogens is 2. The van der Waals surface area contributed by atoms with Gasteiger partial charge in [0, 0.05) is 25.2 Å². The van der Waals surface area contributed by atoms with Crippen LogP contribution in [0, 0.1) is 11.3 Å². The summed E-state index contributed by atoms with van der Waals surface area (Å²) in [7, 11) is 3.77. The Hall–Kier alpha value is -2.76. The second kappa shape index (κ2) is 9.63. The highest BCUT2D eigenvalue weighted by molar-refractivity contribution is 5.94. The van der Waals surface area contributed by atoms with Crippen molar-refractivity contribution >= 4 is 22.5 Å². The van der Waals surface area contributed by atoms with Crippen LogP contribution in [0.3, 0.4) is 0 Å². The van der Waals surface area contributed by atoms with Crippen molar-refractivity contribution in [2.45, 2.75) is 32.0 Å². The van der Waals surface area contributed by atoms with Crippen LogP contribution in [-0.2, 0) is 9.53 Å². The van der Waals surface area contributed by atoms with Crippen LogP contribution >= 0.6 is 0 Å². The van der Waals surface area contributed by atoms with Crippen LogP contribution in [0.15, 0.2) is 24.5 Å². The molecule has 2 aromatic rings. The Balaban J connectivity index is 0.000000343. The van der Waals surface area contributed by atoms with E-state index in [1.807, 2.05) is 19.1 Å². The van der Waals surface area contributed by atoms with Crippen LogP contribution in [-0.4, -0.2) is 73.3 Å². The minimum atomic E-state index is -0.536. The number of amides is 1. The normalized spacial score (nSPS) is 21.9. The molecule has 2 fully saturated rings. The third kappa shape index (κ3) is 5.00. The number of hydrogen-bond acceptors (Lipinski definition) is 7. The molecule has 0 saturated carbocycles. The fourth-order valence-electron chi connectivity index (χ4n) is 3.72. The number of fused-ring (bicyclic) bond motifs is 1. The van der Waals surface area contributed by atoms with Gasteiger partial charge in [-0.3, -0.25) is 9.78 Å².